The highest BCUT2D eigenvalue weighted by Gasteiger charge is 2.19. The van der Waals surface area contributed by atoms with Gasteiger partial charge in [-0.05, 0) is 25.3 Å². The summed E-state index contributed by atoms with van der Waals surface area (Å²) < 4.78 is 29.3. The molecule has 110 valence electrons. The number of aryl methyl sites for hydroxylation is 1. The van der Waals surface area contributed by atoms with Crippen molar-refractivity contribution in [2.45, 2.75) is 39.7 Å². The second-order valence-electron chi connectivity index (χ2n) is 5.57. The van der Waals surface area contributed by atoms with E-state index in [0.717, 1.165) is 12.5 Å². The van der Waals surface area contributed by atoms with Crippen molar-refractivity contribution in [1.82, 2.24) is 9.55 Å². The molecule has 1 aromatic heterocycles. The highest BCUT2D eigenvalue weighted by Crippen LogP contribution is 2.28. The van der Waals surface area contributed by atoms with Gasteiger partial charge in [-0.15, -0.1) is 11.6 Å². The van der Waals surface area contributed by atoms with Crippen molar-refractivity contribution in [2.24, 2.45) is 5.92 Å². The zero-order valence-corrected chi connectivity index (χ0v) is 12.7. The number of nitrogens with zero attached hydrogens (tertiary/aromatic N) is 2. The molecule has 2 rings (SSSR count). The Morgan fingerprint density at radius 2 is 1.95 bits per heavy atom. The fourth-order valence-corrected chi connectivity index (χ4v) is 2.88. The number of benzene rings is 1. The normalized spacial score (nSPS) is 13.3. The van der Waals surface area contributed by atoms with E-state index in [1.165, 1.54) is 6.07 Å². The Morgan fingerprint density at radius 1 is 1.25 bits per heavy atom. The lowest BCUT2D eigenvalue weighted by molar-refractivity contribution is 0.426. The second kappa shape index (κ2) is 6.08. The van der Waals surface area contributed by atoms with Crippen molar-refractivity contribution in [1.29, 1.82) is 0 Å². The molecule has 0 radical (unpaired) electrons. The minimum atomic E-state index is -0.619. The van der Waals surface area contributed by atoms with E-state index in [-0.39, 0.29) is 11.6 Å². The van der Waals surface area contributed by atoms with Crippen LogP contribution in [0.4, 0.5) is 8.78 Å². The molecule has 1 atom stereocenters. The largest absolute Gasteiger partial charge is 0.325 e. The second-order valence-corrected chi connectivity index (χ2v) is 5.95. The highest BCUT2D eigenvalue weighted by molar-refractivity contribution is 6.17. The fourth-order valence-electron chi connectivity index (χ4n) is 2.71. The molecule has 0 aliphatic carbocycles. The van der Waals surface area contributed by atoms with E-state index < -0.39 is 11.6 Å². The maximum absolute atomic E-state index is 13.9. The number of fused-ring (bicyclic) bond motifs is 1. The summed E-state index contributed by atoms with van der Waals surface area (Å²) in [5.41, 5.74) is 0.734. The van der Waals surface area contributed by atoms with Gasteiger partial charge in [0.2, 0.25) is 0 Å². The van der Waals surface area contributed by atoms with Crippen molar-refractivity contribution in [3.63, 3.8) is 0 Å². The zero-order chi connectivity index (χ0) is 14.9. The number of hydrogen-bond acceptors (Lipinski definition) is 1. The Bertz CT molecular complexity index is 607. The summed E-state index contributed by atoms with van der Waals surface area (Å²) in [6.07, 6.45) is 1.46. The van der Waals surface area contributed by atoms with Crippen molar-refractivity contribution in [2.75, 3.05) is 5.88 Å². The van der Waals surface area contributed by atoms with E-state index in [4.69, 9.17) is 11.6 Å². The van der Waals surface area contributed by atoms with E-state index in [2.05, 4.69) is 18.8 Å². The van der Waals surface area contributed by atoms with Crippen LogP contribution < -0.4 is 0 Å². The molecule has 1 heterocycles. The van der Waals surface area contributed by atoms with Gasteiger partial charge < -0.3 is 4.57 Å². The molecule has 5 heteroatoms. The number of aromatic nitrogens is 2. The minimum absolute atomic E-state index is 0.124. The molecule has 0 fully saturated rings. The van der Waals surface area contributed by atoms with Gasteiger partial charge in [0.1, 0.15) is 17.2 Å². The average Bonchev–Trinajstić information content (AvgIpc) is 2.67. The zero-order valence-electron chi connectivity index (χ0n) is 12.0. The van der Waals surface area contributed by atoms with E-state index in [1.54, 1.807) is 0 Å². The summed E-state index contributed by atoms with van der Waals surface area (Å²) in [5, 5.41) is 0. The molecule has 2 nitrogen and oxygen atoms in total. The van der Waals surface area contributed by atoms with Crippen LogP contribution in [0.3, 0.4) is 0 Å². The van der Waals surface area contributed by atoms with Crippen LogP contribution in [0, 0.1) is 17.6 Å². The third kappa shape index (κ3) is 2.95. The molecule has 2 aromatic rings. The van der Waals surface area contributed by atoms with E-state index in [9.17, 15) is 8.78 Å². The van der Waals surface area contributed by atoms with E-state index in [1.807, 2.05) is 11.5 Å². The van der Waals surface area contributed by atoms with Crippen LogP contribution in [0.5, 0.6) is 0 Å². The quantitative estimate of drug-likeness (QED) is 0.732. The molecule has 0 N–H and O–H groups in total. The smallest absolute Gasteiger partial charge is 0.153 e. The average molecular weight is 301 g/mol. The Kier molecular flexibility index (Phi) is 4.63. The van der Waals surface area contributed by atoms with Crippen LogP contribution >= 0.6 is 11.6 Å². The predicted octanol–water partition coefficient (Wildman–Crippen LogP) is 4.70. The number of imidazole rings is 1. The lowest BCUT2D eigenvalue weighted by atomic mass is 10.0. The van der Waals surface area contributed by atoms with Gasteiger partial charge in [0, 0.05) is 24.4 Å². The summed E-state index contributed by atoms with van der Waals surface area (Å²) in [5.74, 6) is 0.413. The van der Waals surface area contributed by atoms with Gasteiger partial charge >= 0.3 is 0 Å². The summed E-state index contributed by atoms with van der Waals surface area (Å²) in [7, 11) is 0. The lowest BCUT2D eigenvalue weighted by Crippen LogP contribution is -2.12. The number of rotatable bonds is 5. The molecule has 1 unspecified atom stereocenters. The van der Waals surface area contributed by atoms with Crippen LogP contribution in [0.2, 0.25) is 0 Å². The number of hydrogen-bond donors (Lipinski definition) is 0. The van der Waals surface area contributed by atoms with Gasteiger partial charge in [0.15, 0.2) is 5.82 Å². The van der Waals surface area contributed by atoms with E-state index in [0.29, 0.717) is 29.6 Å². The Morgan fingerprint density at radius 3 is 2.55 bits per heavy atom. The SMILES string of the molecule is CC(C)CC(C)n1c(CCCl)nc2c(F)cc(F)cc21. The Hall–Kier alpha value is -1.16. The molecule has 20 heavy (non-hydrogen) atoms. The summed E-state index contributed by atoms with van der Waals surface area (Å²) >= 11 is 5.80. The molecule has 0 amide bonds. The van der Waals surface area contributed by atoms with E-state index >= 15 is 0 Å². The van der Waals surface area contributed by atoms with Crippen molar-refractivity contribution >= 4 is 22.6 Å². The molecule has 0 spiro atoms. The monoisotopic (exact) mass is 300 g/mol. The van der Waals surface area contributed by atoms with Gasteiger partial charge in [-0.25, -0.2) is 13.8 Å². The van der Waals surface area contributed by atoms with Crippen LogP contribution in [0.15, 0.2) is 12.1 Å². The molecular formula is C15H19ClF2N2. The minimum Gasteiger partial charge on any atom is -0.325 e. The maximum Gasteiger partial charge on any atom is 0.153 e. The van der Waals surface area contributed by atoms with Crippen LogP contribution in [0.1, 0.15) is 39.1 Å². The van der Waals surface area contributed by atoms with Gasteiger partial charge in [0.05, 0.1) is 5.52 Å². The van der Waals surface area contributed by atoms with Gasteiger partial charge in [-0.3, -0.25) is 0 Å². The summed E-state index contributed by atoms with van der Waals surface area (Å²) in [6, 6.07) is 2.34. The summed E-state index contributed by atoms with van der Waals surface area (Å²) in [6.45, 7) is 6.29. The fraction of sp³-hybridized carbons (Fsp3) is 0.533. The molecule has 0 aliphatic heterocycles. The van der Waals surface area contributed by atoms with Gasteiger partial charge in [-0.1, -0.05) is 13.8 Å². The standard InChI is InChI=1S/C15H19ClF2N2/c1-9(2)6-10(3)20-13-8-11(17)7-12(18)15(13)19-14(20)4-5-16/h7-10H,4-6H2,1-3H3. The highest BCUT2D eigenvalue weighted by atomic mass is 35.5. The summed E-state index contributed by atoms with van der Waals surface area (Å²) in [4.78, 5) is 4.31. The predicted molar refractivity (Wildman–Crippen MR) is 78.2 cm³/mol. The van der Waals surface area contributed by atoms with Crippen molar-refractivity contribution in [3.8, 4) is 0 Å². The van der Waals surface area contributed by atoms with Gasteiger partial charge in [-0.2, -0.15) is 0 Å². The van der Waals surface area contributed by atoms with Crippen molar-refractivity contribution in [3.05, 3.63) is 29.6 Å². The third-order valence-electron chi connectivity index (χ3n) is 3.36. The lowest BCUT2D eigenvalue weighted by Gasteiger charge is -2.19. The Balaban J connectivity index is 2.61. The maximum atomic E-state index is 13.9. The first-order valence-electron chi connectivity index (χ1n) is 6.85. The third-order valence-corrected chi connectivity index (χ3v) is 3.55. The number of halogens is 3. The van der Waals surface area contributed by atoms with Crippen LogP contribution in [-0.4, -0.2) is 15.4 Å². The molecule has 0 saturated carbocycles. The van der Waals surface area contributed by atoms with Crippen LogP contribution in [-0.2, 0) is 6.42 Å². The molecule has 0 aliphatic rings. The molecule has 0 saturated heterocycles. The topological polar surface area (TPSA) is 17.8 Å². The number of alkyl halides is 1. The first kappa shape index (κ1) is 15.2. The van der Waals surface area contributed by atoms with Gasteiger partial charge in [0.25, 0.3) is 0 Å². The molecule has 0 bridgehead atoms. The molecular weight excluding hydrogens is 282 g/mol. The Labute approximate surface area is 122 Å². The first-order valence-corrected chi connectivity index (χ1v) is 7.39. The van der Waals surface area contributed by atoms with Crippen molar-refractivity contribution < 1.29 is 8.78 Å². The van der Waals surface area contributed by atoms with Crippen LogP contribution in [0.25, 0.3) is 11.0 Å². The first-order chi connectivity index (χ1) is 9.43. The molecule has 1 aromatic carbocycles.